The van der Waals surface area contributed by atoms with Gasteiger partial charge in [-0.25, -0.2) is 9.59 Å². The molecule has 3 aromatic rings. The molecule has 3 amide bonds. The largest absolute Gasteiger partial charge is 0.417 e. The summed E-state index contributed by atoms with van der Waals surface area (Å²) in [7, 11) is 0. The van der Waals surface area contributed by atoms with E-state index in [0.29, 0.717) is 11.4 Å². The van der Waals surface area contributed by atoms with Crippen molar-refractivity contribution in [2.24, 2.45) is 0 Å². The smallest absolute Gasteiger partial charge is 0.409 e. The van der Waals surface area contributed by atoms with Gasteiger partial charge in [-0.3, -0.25) is 5.32 Å². The predicted molar refractivity (Wildman–Crippen MR) is 204 cm³/mol. The van der Waals surface area contributed by atoms with E-state index < -0.39 is 6.09 Å². The number of unbranched alkanes of at least 4 members (excludes halogenated alkanes) is 1. The fourth-order valence-electron chi connectivity index (χ4n) is 7.17. The Hall–Kier alpha value is -3.84. The molecule has 0 bridgehead atoms. The minimum atomic E-state index is -0.506. The highest BCUT2D eigenvalue weighted by molar-refractivity contribution is 5.89. The lowest BCUT2D eigenvalue weighted by atomic mass is 9.79. The first-order valence-electron chi connectivity index (χ1n) is 17.9. The van der Waals surface area contributed by atoms with Gasteiger partial charge in [-0.2, -0.15) is 0 Å². The number of para-hydroxylation sites is 1. The highest BCUT2D eigenvalue weighted by Crippen LogP contribution is 2.40. The van der Waals surface area contributed by atoms with Crippen molar-refractivity contribution >= 4 is 23.5 Å². The zero-order valence-corrected chi connectivity index (χ0v) is 31.8. The highest BCUT2D eigenvalue weighted by atomic mass is 16.6. The first kappa shape index (κ1) is 38.0. The quantitative estimate of drug-likeness (QED) is 0.212. The Bertz CT molecular complexity index is 1530. The van der Waals surface area contributed by atoms with Crippen molar-refractivity contribution in [2.75, 3.05) is 17.2 Å². The predicted octanol–water partition coefficient (Wildman–Crippen LogP) is 10.4. The molecule has 0 radical (unpaired) electrons. The van der Waals surface area contributed by atoms with Crippen LogP contribution in [0.2, 0.25) is 0 Å². The van der Waals surface area contributed by atoms with Gasteiger partial charge >= 0.3 is 12.1 Å². The van der Waals surface area contributed by atoms with Crippen LogP contribution in [0.15, 0.2) is 66.7 Å². The Kier molecular flexibility index (Phi) is 11.6. The summed E-state index contributed by atoms with van der Waals surface area (Å²) in [6, 6.07) is 22.2. The van der Waals surface area contributed by atoms with Gasteiger partial charge in [0.05, 0.1) is 0 Å². The Balaban J connectivity index is 1.37. The van der Waals surface area contributed by atoms with Gasteiger partial charge < -0.3 is 20.3 Å². The van der Waals surface area contributed by atoms with Crippen molar-refractivity contribution in [1.29, 1.82) is 0 Å². The molecule has 49 heavy (non-hydrogen) atoms. The zero-order valence-electron chi connectivity index (χ0n) is 31.8. The number of hydrogen-bond acceptors (Lipinski definition) is 4. The topological polar surface area (TPSA) is 82.7 Å². The zero-order chi connectivity index (χ0) is 36.2. The maximum Gasteiger partial charge on any atom is 0.417 e. The molecule has 1 fully saturated rings. The maximum atomic E-state index is 13.6. The Labute approximate surface area is 295 Å². The highest BCUT2D eigenvalue weighted by Gasteiger charge is 2.41. The van der Waals surface area contributed by atoms with Crippen molar-refractivity contribution in [3.8, 4) is 5.75 Å². The summed E-state index contributed by atoms with van der Waals surface area (Å²) in [5.41, 5.74) is 5.28. The molecule has 3 aromatic carbocycles. The van der Waals surface area contributed by atoms with E-state index in [-0.39, 0.29) is 34.0 Å². The minimum Gasteiger partial charge on any atom is -0.409 e. The molecule has 4 rings (SSSR count). The van der Waals surface area contributed by atoms with Gasteiger partial charge in [-0.15, -0.1) is 0 Å². The second-order valence-electron chi connectivity index (χ2n) is 17.2. The van der Waals surface area contributed by atoms with E-state index in [4.69, 9.17) is 4.74 Å². The van der Waals surface area contributed by atoms with Crippen molar-refractivity contribution in [3.63, 3.8) is 0 Å². The first-order valence-corrected chi connectivity index (χ1v) is 17.9. The lowest BCUT2D eigenvalue weighted by Gasteiger charge is -2.49. The van der Waals surface area contributed by atoms with Gasteiger partial charge in [0.1, 0.15) is 5.75 Å². The Morgan fingerprint density at radius 1 is 0.776 bits per heavy atom. The van der Waals surface area contributed by atoms with E-state index >= 15 is 0 Å². The van der Waals surface area contributed by atoms with Gasteiger partial charge in [-0.05, 0) is 99.6 Å². The van der Waals surface area contributed by atoms with Gasteiger partial charge in [0, 0.05) is 46.2 Å². The third-order valence-corrected chi connectivity index (χ3v) is 9.26. The SMILES string of the molecule is CCCCN(C(=O)Nc1ccc(Cc2ccc(NC(=O)Oc3c(C(C)(C)C)cccc3C(C)(C)C)cc2)cc1)C1CC(C)(C)NC(C)(C)C1. The third-order valence-electron chi connectivity index (χ3n) is 9.26. The van der Waals surface area contributed by atoms with E-state index in [1.807, 2.05) is 54.6 Å². The molecule has 0 atom stereocenters. The first-order chi connectivity index (χ1) is 22.8. The molecule has 0 saturated carbocycles. The summed E-state index contributed by atoms with van der Waals surface area (Å²) in [6.07, 6.45) is 4.09. The number of anilines is 2. The number of carbonyl (C=O) groups excluding carboxylic acids is 2. The summed E-state index contributed by atoms with van der Waals surface area (Å²) in [5, 5.41) is 9.82. The average molecular weight is 669 g/mol. The number of hydrogen-bond donors (Lipinski definition) is 3. The normalized spacial score (nSPS) is 16.1. The molecule has 0 unspecified atom stereocenters. The number of ether oxygens (including phenoxy) is 1. The minimum absolute atomic E-state index is 0.0298. The fourth-order valence-corrected chi connectivity index (χ4v) is 7.17. The molecule has 7 nitrogen and oxygen atoms in total. The number of nitrogens with zero attached hydrogens (tertiary/aromatic N) is 1. The van der Waals surface area contributed by atoms with E-state index in [1.165, 1.54) is 0 Å². The monoisotopic (exact) mass is 668 g/mol. The van der Waals surface area contributed by atoms with Gasteiger partial charge in [0.15, 0.2) is 0 Å². The van der Waals surface area contributed by atoms with Crippen LogP contribution in [0.4, 0.5) is 21.0 Å². The molecule has 1 aliphatic heterocycles. The van der Waals surface area contributed by atoms with Gasteiger partial charge in [0.25, 0.3) is 0 Å². The number of nitrogens with one attached hydrogen (secondary N) is 3. The summed E-state index contributed by atoms with van der Waals surface area (Å²) in [6.45, 7) is 24.6. The molecule has 7 heteroatoms. The average Bonchev–Trinajstić information content (AvgIpc) is 2.97. The second kappa shape index (κ2) is 15.0. The van der Waals surface area contributed by atoms with Gasteiger partial charge in [-0.1, -0.05) is 97.4 Å². The molecule has 1 saturated heterocycles. The molecule has 0 aliphatic carbocycles. The number of carbonyl (C=O) groups is 2. The third kappa shape index (κ3) is 10.6. The number of amides is 3. The molecule has 1 heterocycles. The summed E-state index contributed by atoms with van der Waals surface area (Å²) in [4.78, 5) is 28.8. The van der Waals surface area contributed by atoms with Crippen LogP contribution in [0, 0.1) is 0 Å². The van der Waals surface area contributed by atoms with Crippen molar-refractivity contribution in [2.45, 2.75) is 136 Å². The van der Waals surface area contributed by atoms with Crippen LogP contribution in [0.25, 0.3) is 0 Å². The van der Waals surface area contributed by atoms with E-state index in [1.54, 1.807) is 0 Å². The molecular formula is C42H60N4O3. The number of rotatable bonds is 9. The molecule has 1 aliphatic rings. The van der Waals surface area contributed by atoms with Crippen LogP contribution in [0.5, 0.6) is 5.75 Å². The van der Waals surface area contributed by atoms with E-state index in [0.717, 1.165) is 66.6 Å². The van der Waals surface area contributed by atoms with Crippen LogP contribution in [0.1, 0.15) is 124 Å². The van der Waals surface area contributed by atoms with Crippen LogP contribution in [-0.2, 0) is 17.3 Å². The summed E-state index contributed by atoms with van der Waals surface area (Å²) in [5.74, 6) is 0.629. The van der Waals surface area contributed by atoms with Crippen molar-refractivity contribution in [1.82, 2.24) is 10.2 Å². The van der Waals surface area contributed by atoms with Crippen LogP contribution in [0.3, 0.4) is 0 Å². The lowest BCUT2D eigenvalue weighted by Crippen LogP contribution is -2.63. The van der Waals surface area contributed by atoms with E-state index in [2.05, 4.69) is 109 Å². The van der Waals surface area contributed by atoms with Crippen LogP contribution < -0.4 is 20.7 Å². The Morgan fingerprint density at radius 2 is 1.24 bits per heavy atom. The molecule has 0 aromatic heterocycles. The maximum absolute atomic E-state index is 13.6. The van der Waals surface area contributed by atoms with E-state index in [9.17, 15) is 9.59 Å². The molecular weight excluding hydrogens is 608 g/mol. The standard InChI is InChI=1S/C42H60N4O3/c1-12-13-25-46(33-27-41(8,9)45-42(10,11)28-33)37(47)43-31-21-17-29(18-22-31)26-30-19-23-32(24-20-30)44-38(48)49-36-34(39(2,3)4)15-14-16-35(36)40(5,6)7/h14-24,33,45H,12-13,25-28H2,1-11H3,(H,43,47)(H,44,48). The van der Waals surface area contributed by atoms with Crippen LogP contribution >= 0.6 is 0 Å². The number of piperidine rings is 1. The van der Waals surface area contributed by atoms with Crippen molar-refractivity contribution < 1.29 is 14.3 Å². The second-order valence-corrected chi connectivity index (χ2v) is 17.2. The number of urea groups is 1. The summed E-state index contributed by atoms with van der Waals surface area (Å²) >= 11 is 0. The molecule has 0 spiro atoms. The van der Waals surface area contributed by atoms with Crippen molar-refractivity contribution in [3.05, 3.63) is 89.0 Å². The van der Waals surface area contributed by atoms with Crippen LogP contribution in [-0.4, -0.2) is 40.7 Å². The lowest BCUT2D eigenvalue weighted by molar-refractivity contribution is 0.0863. The Morgan fingerprint density at radius 3 is 1.69 bits per heavy atom. The summed E-state index contributed by atoms with van der Waals surface area (Å²) < 4.78 is 6.00. The van der Waals surface area contributed by atoms with Gasteiger partial charge in [0.2, 0.25) is 0 Å². The molecule has 3 N–H and O–H groups in total. The fraction of sp³-hybridized carbons (Fsp3) is 0.524. The molecule has 266 valence electrons. The number of benzene rings is 3.